The monoisotopic (exact) mass is 333 g/mol. The molecule has 0 atom stereocenters. The Morgan fingerprint density at radius 1 is 1.35 bits per heavy atom. The molecular weight excluding hydrogens is 310 g/mol. The minimum Gasteiger partial charge on any atom is -0.496 e. The zero-order valence-corrected chi connectivity index (χ0v) is 14.3. The van der Waals surface area contributed by atoms with Gasteiger partial charge in [0.15, 0.2) is 0 Å². The number of hydrogen-bond acceptors (Lipinski definition) is 5. The smallest absolute Gasteiger partial charge is 0.140 e. The van der Waals surface area contributed by atoms with Crippen molar-refractivity contribution in [2.24, 2.45) is 0 Å². The summed E-state index contributed by atoms with van der Waals surface area (Å²) in [5.74, 6) is 1.24. The highest BCUT2D eigenvalue weighted by molar-refractivity contribution is 7.12. The molecule has 0 aliphatic heterocycles. The fraction of sp³-hybridized carbons (Fsp3) is 0.353. The molecule has 0 amide bonds. The number of anilines is 1. The van der Waals surface area contributed by atoms with Gasteiger partial charge in [-0.2, -0.15) is 0 Å². The largest absolute Gasteiger partial charge is 0.496 e. The summed E-state index contributed by atoms with van der Waals surface area (Å²) >= 11 is 1.54. The zero-order valence-electron chi connectivity index (χ0n) is 13.5. The third kappa shape index (κ3) is 5.06. The van der Waals surface area contributed by atoms with Crippen LogP contribution in [0.15, 0.2) is 35.7 Å². The Bertz CT molecular complexity index is 629. The maximum absolute atomic E-state index is 8.97. The average molecular weight is 333 g/mol. The summed E-state index contributed by atoms with van der Waals surface area (Å²) in [6, 6.07) is 9.72. The lowest BCUT2D eigenvalue weighted by atomic mass is 10.1. The fourth-order valence-corrected chi connectivity index (χ4v) is 2.90. The first kappa shape index (κ1) is 17.5. The molecule has 0 fully saturated rings. The first-order valence-electron chi connectivity index (χ1n) is 7.50. The maximum Gasteiger partial charge on any atom is 0.140 e. The van der Waals surface area contributed by atoms with Gasteiger partial charge in [-0.1, -0.05) is 6.07 Å². The van der Waals surface area contributed by atoms with Gasteiger partial charge >= 0.3 is 0 Å². The first-order chi connectivity index (χ1) is 11.1. The van der Waals surface area contributed by atoms with Crippen LogP contribution in [0.1, 0.15) is 10.4 Å². The summed E-state index contributed by atoms with van der Waals surface area (Å²) in [5.41, 5.74) is 1.96. The van der Waals surface area contributed by atoms with E-state index >= 15 is 0 Å². The number of rotatable bonds is 8. The Hall–Kier alpha value is -1.89. The number of methoxy groups -OCH3 is 1. The van der Waals surface area contributed by atoms with Crippen molar-refractivity contribution in [3.63, 3.8) is 0 Å². The molecule has 0 radical (unpaired) electrons. The molecule has 0 aliphatic rings. The Morgan fingerprint density at radius 3 is 2.83 bits per heavy atom. The van der Waals surface area contributed by atoms with Gasteiger partial charge in [-0.05, 0) is 48.7 Å². The first-order valence-corrected chi connectivity index (χ1v) is 8.37. The lowest BCUT2D eigenvalue weighted by Gasteiger charge is -2.17. The van der Waals surface area contributed by atoms with Crippen LogP contribution in [-0.4, -0.2) is 49.7 Å². The number of likely N-dealkylation sites (N-methyl/N-ethyl adjacent to an activating group) is 1. The summed E-state index contributed by atoms with van der Waals surface area (Å²) in [4.78, 5) is 2.98. The van der Waals surface area contributed by atoms with Crippen LogP contribution in [-0.2, 0) is 6.42 Å². The molecular formula is C17H23N3O2S. The van der Waals surface area contributed by atoms with E-state index in [2.05, 4.69) is 10.2 Å². The van der Waals surface area contributed by atoms with Gasteiger partial charge in [-0.25, -0.2) is 0 Å². The van der Waals surface area contributed by atoms with Crippen molar-refractivity contribution in [1.29, 1.82) is 5.41 Å². The van der Waals surface area contributed by atoms with Crippen LogP contribution in [0.2, 0.25) is 0 Å². The van der Waals surface area contributed by atoms with Crippen LogP contribution in [0.25, 0.3) is 0 Å². The van der Waals surface area contributed by atoms with Gasteiger partial charge in [0, 0.05) is 18.8 Å². The van der Waals surface area contributed by atoms with Crippen molar-refractivity contribution < 1.29 is 9.84 Å². The zero-order chi connectivity index (χ0) is 16.7. The van der Waals surface area contributed by atoms with Gasteiger partial charge in [0.25, 0.3) is 0 Å². The van der Waals surface area contributed by atoms with Gasteiger partial charge in [0.1, 0.15) is 11.6 Å². The predicted octanol–water partition coefficient (Wildman–Crippen LogP) is 2.66. The number of amidine groups is 1. The van der Waals surface area contributed by atoms with Gasteiger partial charge in [-0.15, -0.1) is 11.3 Å². The molecule has 0 aliphatic carbocycles. The molecule has 1 heterocycles. The van der Waals surface area contributed by atoms with Crippen LogP contribution in [0.3, 0.4) is 0 Å². The second kappa shape index (κ2) is 8.67. The Kier molecular flexibility index (Phi) is 6.58. The Balaban J connectivity index is 2.07. The second-order valence-electron chi connectivity index (χ2n) is 5.28. The molecule has 1 aromatic carbocycles. The van der Waals surface area contributed by atoms with E-state index < -0.39 is 0 Å². The van der Waals surface area contributed by atoms with Crippen molar-refractivity contribution in [2.45, 2.75) is 6.42 Å². The normalized spacial score (nSPS) is 10.8. The highest BCUT2D eigenvalue weighted by Gasteiger charge is 2.08. The maximum atomic E-state index is 8.97. The van der Waals surface area contributed by atoms with E-state index in [0.29, 0.717) is 12.4 Å². The molecule has 0 saturated heterocycles. The van der Waals surface area contributed by atoms with E-state index in [1.165, 1.54) is 11.3 Å². The predicted molar refractivity (Wildman–Crippen MR) is 96.1 cm³/mol. The van der Waals surface area contributed by atoms with E-state index in [1.807, 2.05) is 42.8 Å². The molecule has 0 spiro atoms. The Labute approximate surface area is 141 Å². The van der Waals surface area contributed by atoms with Gasteiger partial charge < -0.3 is 20.1 Å². The molecule has 2 rings (SSSR count). The summed E-state index contributed by atoms with van der Waals surface area (Å²) in [6.45, 7) is 1.65. The van der Waals surface area contributed by atoms with E-state index in [0.717, 1.165) is 34.8 Å². The number of nitrogens with one attached hydrogen (secondary N) is 2. The van der Waals surface area contributed by atoms with Crippen molar-refractivity contribution in [3.05, 3.63) is 46.2 Å². The number of aliphatic hydroxyl groups is 1. The molecule has 0 unspecified atom stereocenters. The number of nitrogens with zero attached hydrogens (tertiary/aromatic N) is 1. The molecule has 3 N–H and O–H groups in total. The van der Waals surface area contributed by atoms with Gasteiger partial charge in [0.2, 0.25) is 0 Å². The van der Waals surface area contributed by atoms with E-state index in [9.17, 15) is 0 Å². The standard InChI is InChI=1S/C17H23N3O2S/c1-20(9-10-21)8-7-13-12-14(5-6-15(13)22-2)19-17(18)16-4-3-11-23-16/h3-6,11-12,21H,7-10H2,1-2H3,(H2,18,19). The van der Waals surface area contributed by atoms with E-state index in [1.54, 1.807) is 7.11 Å². The van der Waals surface area contributed by atoms with Crippen LogP contribution in [0.5, 0.6) is 5.75 Å². The second-order valence-corrected chi connectivity index (χ2v) is 6.23. The molecule has 5 nitrogen and oxygen atoms in total. The van der Waals surface area contributed by atoms with Crippen molar-refractivity contribution in [2.75, 3.05) is 39.2 Å². The summed E-state index contributed by atoms with van der Waals surface area (Å²) in [7, 11) is 3.65. The molecule has 124 valence electrons. The quantitative estimate of drug-likeness (QED) is 0.513. The number of benzene rings is 1. The SMILES string of the molecule is COc1ccc(NC(=N)c2cccs2)cc1CCN(C)CCO. The molecule has 2 aromatic rings. The van der Waals surface area contributed by atoms with Crippen LogP contribution >= 0.6 is 11.3 Å². The molecule has 6 heteroatoms. The number of aliphatic hydroxyl groups excluding tert-OH is 1. The third-order valence-corrected chi connectivity index (χ3v) is 4.45. The van der Waals surface area contributed by atoms with E-state index in [-0.39, 0.29) is 6.61 Å². The van der Waals surface area contributed by atoms with Crippen LogP contribution in [0, 0.1) is 5.41 Å². The third-order valence-electron chi connectivity index (χ3n) is 3.56. The lowest BCUT2D eigenvalue weighted by molar-refractivity contribution is 0.222. The van der Waals surface area contributed by atoms with Crippen LogP contribution in [0.4, 0.5) is 5.69 Å². The minimum absolute atomic E-state index is 0.160. The highest BCUT2D eigenvalue weighted by Crippen LogP contribution is 2.24. The Morgan fingerprint density at radius 2 is 2.17 bits per heavy atom. The van der Waals surface area contributed by atoms with Crippen molar-refractivity contribution >= 4 is 22.9 Å². The summed E-state index contributed by atoms with van der Waals surface area (Å²) in [6.07, 6.45) is 0.821. The average Bonchev–Trinajstić information content (AvgIpc) is 3.08. The number of thiophene rings is 1. The highest BCUT2D eigenvalue weighted by atomic mass is 32.1. The van der Waals surface area contributed by atoms with Gasteiger partial charge in [-0.3, -0.25) is 5.41 Å². The topological polar surface area (TPSA) is 68.6 Å². The van der Waals surface area contributed by atoms with Gasteiger partial charge in [0.05, 0.1) is 18.6 Å². The lowest BCUT2D eigenvalue weighted by Crippen LogP contribution is -2.24. The number of ether oxygens (including phenoxy) is 1. The minimum atomic E-state index is 0.160. The molecule has 23 heavy (non-hydrogen) atoms. The van der Waals surface area contributed by atoms with Crippen molar-refractivity contribution in [1.82, 2.24) is 4.90 Å². The summed E-state index contributed by atoms with van der Waals surface area (Å²) < 4.78 is 5.42. The van der Waals surface area contributed by atoms with Crippen LogP contribution < -0.4 is 10.1 Å². The fourth-order valence-electron chi connectivity index (χ4n) is 2.27. The molecule has 0 bridgehead atoms. The molecule has 0 saturated carbocycles. The summed E-state index contributed by atoms with van der Waals surface area (Å²) in [5, 5.41) is 22.2. The van der Waals surface area contributed by atoms with Crippen molar-refractivity contribution in [3.8, 4) is 5.75 Å². The van der Waals surface area contributed by atoms with E-state index in [4.69, 9.17) is 15.3 Å². The molecule has 1 aromatic heterocycles. The number of hydrogen-bond donors (Lipinski definition) is 3.